The Hall–Kier alpha value is -4.88. The van der Waals surface area contributed by atoms with Gasteiger partial charge in [0.1, 0.15) is 17.2 Å². The van der Waals surface area contributed by atoms with E-state index in [-0.39, 0.29) is 44.9 Å². The fourth-order valence-electron chi connectivity index (χ4n) is 4.87. The van der Waals surface area contributed by atoms with E-state index in [1.54, 1.807) is 12.1 Å². The number of nitrogens with one attached hydrogen (secondary N) is 1. The number of amides is 2. The van der Waals surface area contributed by atoms with Gasteiger partial charge in [0.15, 0.2) is 0 Å². The summed E-state index contributed by atoms with van der Waals surface area (Å²) in [6, 6.07) is 13.6. The third kappa shape index (κ3) is 5.03. The molecule has 2 amide bonds. The van der Waals surface area contributed by atoms with Crippen molar-refractivity contribution >= 4 is 34.8 Å². The zero-order chi connectivity index (χ0) is 30.2. The maximum absolute atomic E-state index is 15.4. The molecule has 1 aliphatic rings. The fourth-order valence-corrected chi connectivity index (χ4v) is 5.06. The SMILES string of the molecule is C#Cc1cc(C(=O)Nc2cnn3c2C(=O)N(c2ccc(C(F)(F)c4ccc(Cl)c(OC)c4)cc2)[C@@H](C)C3)ccc1OC. The summed E-state index contributed by atoms with van der Waals surface area (Å²) in [6.45, 7) is 2.14. The second-order valence-corrected chi connectivity index (χ2v) is 10.0. The number of aromatic nitrogens is 2. The molecule has 1 atom stereocenters. The first kappa shape index (κ1) is 28.6. The predicted octanol–water partition coefficient (Wildman–Crippen LogP) is 5.98. The normalized spacial score (nSPS) is 14.6. The van der Waals surface area contributed by atoms with Crippen LogP contribution in [0.25, 0.3) is 0 Å². The van der Waals surface area contributed by atoms with Crippen molar-refractivity contribution in [3.8, 4) is 23.8 Å². The first-order valence-corrected chi connectivity index (χ1v) is 13.1. The zero-order valence-corrected chi connectivity index (χ0v) is 23.6. The van der Waals surface area contributed by atoms with Gasteiger partial charge in [-0.15, -0.1) is 6.42 Å². The Morgan fingerprint density at radius 1 is 1.07 bits per heavy atom. The lowest BCUT2D eigenvalue weighted by Crippen LogP contribution is -2.47. The molecule has 8 nitrogen and oxygen atoms in total. The van der Waals surface area contributed by atoms with E-state index in [9.17, 15) is 9.59 Å². The van der Waals surface area contributed by atoms with E-state index in [1.165, 1.54) is 78.5 Å². The molecule has 0 aliphatic carbocycles. The molecular formula is C31H25ClF2N4O4. The second-order valence-electron chi connectivity index (χ2n) is 9.60. The minimum Gasteiger partial charge on any atom is -0.495 e. The third-order valence-electron chi connectivity index (χ3n) is 7.03. The maximum Gasteiger partial charge on any atom is 0.298 e. The van der Waals surface area contributed by atoms with E-state index in [0.717, 1.165) is 0 Å². The molecule has 1 N–H and O–H groups in total. The quantitative estimate of drug-likeness (QED) is 0.268. The van der Waals surface area contributed by atoms with Gasteiger partial charge in [-0.2, -0.15) is 13.9 Å². The van der Waals surface area contributed by atoms with Crippen LogP contribution in [-0.4, -0.2) is 41.9 Å². The number of terminal acetylenes is 1. The minimum absolute atomic E-state index is 0.140. The van der Waals surface area contributed by atoms with Crippen molar-refractivity contribution in [3.05, 3.63) is 99.8 Å². The highest BCUT2D eigenvalue weighted by Gasteiger charge is 2.37. The lowest BCUT2D eigenvalue weighted by molar-refractivity contribution is 0.0426. The van der Waals surface area contributed by atoms with Gasteiger partial charge in [0.2, 0.25) is 0 Å². The zero-order valence-electron chi connectivity index (χ0n) is 22.8. The van der Waals surface area contributed by atoms with E-state index < -0.39 is 17.7 Å². The Labute approximate surface area is 245 Å². The van der Waals surface area contributed by atoms with Crippen molar-refractivity contribution in [2.24, 2.45) is 0 Å². The molecule has 42 heavy (non-hydrogen) atoms. The number of nitrogens with zero attached hydrogens (tertiary/aromatic N) is 3. The Morgan fingerprint density at radius 3 is 2.43 bits per heavy atom. The monoisotopic (exact) mass is 590 g/mol. The van der Waals surface area contributed by atoms with Gasteiger partial charge in [0.05, 0.1) is 49.3 Å². The Kier molecular flexibility index (Phi) is 7.63. The van der Waals surface area contributed by atoms with E-state index in [0.29, 0.717) is 23.5 Å². The molecule has 0 saturated heterocycles. The van der Waals surface area contributed by atoms with Crippen LogP contribution in [0.4, 0.5) is 20.2 Å². The summed E-state index contributed by atoms with van der Waals surface area (Å²) >= 11 is 6.00. The third-order valence-corrected chi connectivity index (χ3v) is 7.34. The van der Waals surface area contributed by atoms with Crippen LogP contribution >= 0.6 is 11.6 Å². The molecular weight excluding hydrogens is 566 g/mol. The smallest absolute Gasteiger partial charge is 0.298 e. The Morgan fingerprint density at radius 2 is 1.76 bits per heavy atom. The minimum atomic E-state index is -3.34. The number of hydrogen-bond acceptors (Lipinski definition) is 5. The number of rotatable bonds is 7. The standard InChI is InChI=1S/C31H25ClF2N4O4/c1-5-19-14-20(6-13-26(19)41-3)29(39)36-25-16-35-37-17-18(2)38(30(40)28(25)37)23-10-7-21(8-11-23)31(33,34)22-9-12-24(32)27(15-22)42-4/h1,6-16,18H,17H2,2-4H3,(H,36,39)/t18-/m0/s1. The van der Waals surface area contributed by atoms with Gasteiger partial charge in [-0.05, 0) is 49.4 Å². The number of hydrogen-bond donors (Lipinski definition) is 1. The highest BCUT2D eigenvalue weighted by atomic mass is 35.5. The first-order chi connectivity index (χ1) is 20.1. The molecule has 0 unspecified atom stereocenters. The van der Waals surface area contributed by atoms with Crippen LogP contribution in [0.5, 0.6) is 11.5 Å². The van der Waals surface area contributed by atoms with Crippen molar-refractivity contribution in [2.45, 2.75) is 25.4 Å². The summed E-state index contributed by atoms with van der Waals surface area (Å²) in [5.41, 5.74) is 0.911. The number of carbonyl (C=O) groups is 2. The van der Waals surface area contributed by atoms with Gasteiger partial charge >= 0.3 is 0 Å². The molecule has 1 aliphatic heterocycles. The molecule has 0 radical (unpaired) electrons. The summed E-state index contributed by atoms with van der Waals surface area (Å²) in [5, 5.41) is 7.24. The molecule has 0 bridgehead atoms. The van der Waals surface area contributed by atoms with Crippen LogP contribution in [-0.2, 0) is 12.5 Å². The Bertz CT molecular complexity index is 1730. The van der Waals surface area contributed by atoms with Crippen molar-refractivity contribution in [1.29, 1.82) is 0 Å². The number of fused-ring (bicyclic) bond motifs is 1. The second kappa shape index (κ2) is 11.2. The van der Waals surface area contributed by atoms with Gasteiger partial charge in [-0.1, -0.05) is 35.7 Å². The van der Waals surface area contributed by atoms with Gasteiger partial charge in [0, 0.05) is 22.4 Å². The highest BCUT2D eigenvalue weighted by Crippen LogP contribution is 2.40. The maximum atomic E-state index is 15.4. The lowest BCUT2D eigenvalue weighted by atomic mass is 9.99. The van der Waals surface area contributed by atoms with E-state index in [2.05, 4.69) is 16.3 Å². The van der Waals surface area contributed by atoms with Crippen LogP contribution in [0.2, 0.25) is 5.02 Å². The topological polar surface area (TPSA) is 85.7 Å². The summed E-state index contributed by atoms with van der Waals surface area (Å²) in [4.78, 5) is 28.2. The van der Waals surface area contributed by atoms with Gasteiger partial charge in [-0.3, -0.25) is 14.3 Å². The van der Waals surface area contributed by atoms with Gasteiger partial charge in [-0.25, -0.2) is 0 Å². The number of anilines is 2. The van der Waals surface area contributed by atoms with Crippen LogP contribution in [0.1, 0.15) is 44.5 Å². The summed E-state index contributed by atoms with van der Waals surface area (Å²) in [7, 11) is 2.83. The molecule has 214 valence electrons. The largest absolute Gasteiger partial charge is 0.495 e. The number of benzene rings is 3. The molecule has 1 aromatic heterocycles. The molecule has 0 spiro atoms. The number of ether oxygens (including phenoxy) is 2. The molecule has 0 saturated carbocycles. The molecule has 11 heteroatoms. The average Bonchev–Trinajstić information content (AvgIpc) is 3.39. The molecule has 2 heterocycles. The molecule has 4 aromatic rings. The van der Waals surface area contributed by atoms with Crippen molar-refractivity contribution in [2.75, 3.05) is 24.4 Å². The van der Waals surface area contributed by atoms with Crippen molar-refractivity contribution in [3.63, 3.8) is 0 Å². The van der Waals surface area contributed by atoms with Gasteiger partial charge < -0.3 is 19.7 Å². The van der Waals surface area contributed by atoms with Gasteiger partial charge in [0.25, 0.3) is 17.7 Å². The molecule has 5 rings (SSSR count). The number of alkyl halides is 2. The van der Waals surface area contributed by atoms with Crippen LogP contribution in [0.15, 0.2) is 66.9 Å². The van der Waals surface area contributed by atoms with Crippen LogP contribution in [0.3, 0.4) is 0 Å². The summed E-state index contributed by atoms with van der Waals surface area (Å²) in [6.07, 6.45) is 6.93. The Balaban J connectivity index is 1.40. The van der Waals surface area contributed by atoms with Crippen molar-refractivity contribution < 1.29 is 27.8 Å². The molecule has 3 aromatic carbocycles. The lowest BCUT2D eigenvalue weighted by Gasteiger charge is -2.34. The van der Waals surface area contributed by atoms with Crippen LogP contribution in [0, 0.1) is 12.3 Å². The van der Waals surface area contributed by atoms with Crippen molar-refractivity contribution in [1.82, 2.24) is 9.78 Å². The van der Waals surface area contributed by atoms with E-state index >= 15 is 8.78 Å². The average molecular weight is 591 g/mol. The number of carbonyl (C=O) groups excluding carboxylic acids is 2. The molecule has 0 fully saturated rings. The highest BCUT2D eigenvalue weighted by molar-refractivity contribution is 6.32. The summed E-state index contributed by atoms with van der Waals surface area (Å²) in [5.74, 6) is -1.21. The fraction of sp³-hybridized carbons (Fsp3) is 0.194. The summed E-state index contributed by atoms with van der Waals surface area (Å²) < 4.78 is 42.5. The first-order valence-electron chi connectivity index (χ1n) is 12.8. The number of methoxy groups -OCH3 is 2. The predicted molar refractivity (Wildman–Crippen MR) is 155 cm³/mol. The number of halogens is 3. The van der Waals surface area contributed by atoms with Crippen LogP contribution < -0.4 is 19.7 Å². The van der Waals surface area contributed by atoms with E-state index in [1.807, 2.05) is 6.92 Å². The van der Waals surface area contributed by atoms with E-state index in [4.69, 9.17) is 27.5 Å².